The highest BCUT2D eigenvalue weighted by Gasteiger charge is 2.20. The van der Waals surface area contributed by atoms with Gasteiger partial charge in [-0.2, -0.15) is 0 Å². The van der Waals surface area contributed by atoms with Gasteiger partial charge in [0.25, 0.3) is 0 Å². The van der Waals surface area contributed by atoms with Crippen molar-refractivity contribution < 1.29 is 17.7 Å². The van der Waals surface area contributed by atoms with Gasteiger partial charge in [-0.3, -0.25) is 0 Å². The lowest BCUT2D eigenvalue weighted by Gasteiger charge is -2.12. The number of ether oxygens (including phenoxy) is 2. The van der Waals surface area contributed by atoms with Crippen molar-refractivity contribution in [1.82, 2.24) is 0 Å². The molecule has 0 aromatic heterocycles. The van der Waals surface area contributed by atoms with Gasteiger partial charge in [-0.15, -0.1) is 0 Å². The van der Waals surface area contributed by atoms with Gasteiger partial charge in [0.05, 0.1) is 13.2 Å². The first-order valence-electron chi connectivity index (χ1n) is 5.74. The summed E-state index contributed by atoms with van der Waals surface area (Å²) in [5.41, 5.74) is 0. The third kappa shape index (κ3) is 14.2. The van der Waals surface area contributed by atoms with Crippen LogP contribution in [0.4, 0.5) is 8.22 Å². The van der Waals surface area contributed by atoms with Gasteiger partial charge in [0.1, 0.15) is 0 Å². The van der Waals surface area contributed by atoms with Crippen LogP contribution in [0.1, 0.15) is 0 Å². The molecule has 0 amide bonds. The summed E-state index contributed by atoms with van der Waals surface area (Å²) >= 11 is 0. The molecule has 0 N–H and O–H groups in total. The fourth-order valence-corrected chi connectivity index (χ4v) is 2.21. The zero-order valence-electron chi connectivity index (χ0n) is 10.8. The Labute approximate surface area is 99.7 Å². The van der Waals surface area contributed by atoms with Crippen molar-refractivity contribution in [3.05, 3.63) is 0 Å². The summed E-state index contributed by atoms with van der Waals surface area (Å²) in [6.45, 7) is 8.53. The molecule has 0 aliphatic carbocycles. The number of hydrogen-bond donors (Lipinski definition) is 0. The summed E-state index contributed by atoms with van der Waals surface area (Å²) in [6.07, 6.45) is 0. The van der Waals surface area contributed by atoms with Crippen LogP contribution in [0.5, 0.6) is 0 Å². The second kappa shape index (κ2) is 7.52. The molecule has 0 saturated heterocycles. The third-order valence-corrected chi connectivity index (χ3v) is 4.84. The number of halogens is 2. The van der Waals surface area contributed by atoms with Gasteiger partial charge in [0.2, 0.25) is 16.8 Å². The molecular weight excluding hydrogens is 246 g/mol. The number of hydrogen-bond acceptors (Lipinski definition) is 2. The standard InChI is InChI=1S/C10H24F2O2Si2/c1-15(2,11)9-7-13-5-6-14-8-10-16(3,4)12/h5-10H2,1-4H3. The van der Waals surface area contributed by atoms with E-state index in [1.54, 1.807) is 26.2 Å². The van der Waals surface area contributed by atoms with Crippen LogP contribution in [-0.2, 0) is 9.47 Å². The first kappa shape index (κ1) is 16.2. The molecule has 0 saturated carbocycles. The van der Waals surface area contributed by atoms with Crippen molar-refractivity contribution in [2.45, 2.75) is 38.3 Å². The topological polar surface area (TPSA) is 18.5 Å². The minimum absolute atomic E-state index is 0.461. The molecule has 0 atom stereocenters. The Kier molecular flexibility index (Phi) is 7.62. The summed E-state index contributed by atoms with van der Waals surface area (Å²) in [7, 11) is -4.93. The summed E-state index contributed by atoms with van der Waals surface area (Å²) in [5.74, 6) is 0. The van der Waals surface area contributed by atoms with E-state index in [4.69, 9.17) is 9.47 Å². The van der Waals surface area contributed by atoms with E-state index in [-0.39, 0.29) is 0 Å². The molecule has 0 heterocycles. The highest BCUT2D eigenvalue weighted by molar-refractivity contribution is 6.70. The van der Waals surface area contributed by atoms with Crippen molar-refractivity contribution in [1.29, 1.82) is 0 Å². The summed E-state index contributed by atoms with van der Waals surface area (Å²) in [4.78, 5) is 0. The van der Waals surface area contributed by atoms with Crippen LogP contribution in [0, 0.1) is 0 Å². The lowest BCUT2D eigenvalue weighted by atomic mass is 10.7. The Hall–Kier alpha value is 0.214. The van der Waals surface area contributed by atoms with Crippen LogP contribution in [0.15, 0.2) is 0 Å². The van der Waals surface area contributed by atoms with Gasteiger partial charge in [0.15, 0.2) is 0 Å². The van der Waals surface area contributed by atoms with Crippen LogP contribution in [0.3, 0.4) is 0 Å². The van der Waals surface area contributed by atoms with Crippen LogP contribution < -0.4 is 0 Å². The van der Waals surface area contributed by atoms with Gasteiger partial charge < -0.3 is 17.7 Å². The Morgan fingerprint density at radius 2 is 1.00 bits per heavy atom. The van der Waals surface area contributed by atoms with Crippen molar-refractivity contribution in [2.24, 2.45) is 0 Å². The quantitative estimate of drug-likeness (QED) is 0.363. The molecule has 0 aromatic carbocycles. The molecule has 0 fully saturated rings. The monoisotopic (exact) mass is 270 g/mol. The Balaban J connectivity index is 3.17. The maximum Gasteiger partial charge on any atom is 0.243 e. The van der Waals surface area contributed by atoms with Gasteiger partial charge in [-0.05, 0) is 38.3 Å². The van der Waals surface area contributed by atoms with Crippen LogP contribution in [0.2, 0.25) is 38.3 Å². The van der Waals surface area contributed by atoms with Crippen LogP contribution in [0.25, 0.3) is 0 Å². The summed E-state index contributed by atoms with van der Waals surface area (Å²) in [5, 5.41) is 0. The molecule has 0 spiro atoms. The van der Waals surface area contributed by atoms with Crippen molar-refractivity contribution >= 4 is 16.8 Å². The SMILES string of the molecule is C[Si](C)(F)CCOCCOCC[Si](C)(C)F. The highest BCUT2D eigenvalue weighted by atomic mass is 28.4. The van der Waals surface area contributed by atoms with E-state index in [0.29, 0.717) is 38.5 Å². The largest absolute Gasteiger partial charge is 0.379 e. The first-order valence-corrected chi connectivity index (χ1v) is 11.9. The molecule has 0 aliphatic heterocycles. The molecule has 0 aliphatic rings. The van der Waals surface area contributed by atoms with E-state index in [1.165, 1.54) is 0 Å². The zero-order valence-corrected chi connectivity index (χ0v) is 12.8. The van der Waals surface area contributed by atoms with E-state index < -0.39 is 16.8 Å². The fraction of sp³-hybridized carbons (Fsp3) is 1.00. The predicted octanol–water partition coefficient (Wildman–Crippen LogP) is 3.37. The first-order chi connectivity index (χ1) is 7.21. The second-order valence-electron chi connectivity index (χ2n) is 5.16. The van der Waals surface area contributed by atoms with Crippen LogP contribution >= 0.6 is 0 Å². The van der Waals surface area contributed by atoms with E-state index in [2.05, 4.69) is 0 Å². The maximum atomic E-state index is 13.1. The molecule has 0 rings (SSSR count). The molecule has 16 heavy (non-hydrogen) atoms. The molecule has 0 bridgehead atoms. The van der Waals surface area contributed by atoms with Gasteiger partial charge >= 0.3 is 0 Å². The smallest absolute Gasteiger partial charge is 0.243 e. The number of rotatable bonds is 9. The van der Waals surface area contributed by atoms with Crippen LogP contribution in [-0.4, -0.2) is 43.2 Å². The predicted molar refractivity (Wildman–Crippen MR) is 68.4 cm³/mol. The lowest BCUT2D eigenvalue weighted by Crippen LogP contribution is -2.22. The molecule has 2 nitrogen and oxygen atoms in total. The van der Waals surface area contributed by atoms with Gasteiger partial charge in [-0.25, -0.2) is 0 Å². The second-order valence-corrected chi connectivity index (χ2v) is 13.0. The van der Waals surface area contributed by atoms with E-state index in [1.807, 2.05) is 0 Å². The van der Waals surface area contributed by atoms with E-state index >= 15 is 0 Å². The minimum Gasteiger partial charge on any atom is -0.379 e. The van der Waals surface area contributed by atoms with Gasteiger partial charge in [0, 0.05) is 13.2 Å². The Morgan fingerprint density at radius 1 is 0.688 bits per heavy atom. The molecule has 98 valence electrons. The maximum absolute atomic E-state index is 13.1. The molecule has 0 aromatic rings. The average molecular weight is 270 g/mol. The molecule has 0 unspecified atom stereocenters. The van der Waals surface area contributed by atoms with Crippen molar-refractivity contribution in [3.8, 4) is 0 Å². The third-order valence-electron chi connectivity index (χ3n) is 2.05. The van der Waals surface area contributed by atoms with Crippen molar-refractivity contribution in [3.63, 3.8) is 0 Å². The average Bonchev–Trinajstić information content (AvgIpc) is 2.06. The van der Waals surface area contributed by atoms with Crippen molar-refractivity contribution in [2.75, 3.05) is 26.4 Å². The summed E-state index contributed by atoms with van der Waals surface area (Å²) < 4.78 is 36.7. The minimum atomic E-state index is -2.47. The normalized spacial score (nSPS) is 13.1. The molecule has 0 radical (unpaired) electrons. The van der Waals surface area contributed by atoms with E-state index in [9.17, 15) is 8.22 Å². The Morgan fingerprint density at radius 3 is 1.25 bits per heavy atom. The zero-order chi connectivity index (χ0) is 12.7. The van der Waals surface area contributed by atoms with Gasteiger partial charge in [-0.1, -0.05) is 0 Å². The molecule has 6 heteroatoms. The summed E-state index contributed by atoms with van der Waals surface area (Å²) in [6, 6.07) is 1.05. The lowest BCUT2D eigenvalue weighted by molar-refractivity contribution is 0.0571. The fourth-order valence-electron chi connectivity index (χ4n) is 0.952. The van der Waals surface area contributed by atoms with E-state index in [0.717, 1.165) is 0 Å². The highest BCUT2D eigenvalue weighted by Crippen LogP contribution is 2.10. The Bertz CT molecular complexity index is 159. The molecular formula is C10H24F2O2Si2.